The topological polar surface area (TPSA) is 59.9 Å². The summed E-state index contributed by atoms with van der Waals surface area (Å²) in [5, 5.41) is 12.4. The minimum atomic E-state index is 0.626. The average molecular weight is 344 g/mol. The van der Waals surface area contributed by atoms with Gasteiger partial charge in [-0.25, -0.2) is 0 Å². The van der Waals surface area contributed by atoms with E-state index in [-0.39, 0.29) is 0 Å². The van der Waals surface area contributed by atoms with Crippen LogP contribution >= 0.6 is 23.1 Å². The zero-order valence-corrected chi connectivity index (χ0v) is 14.2. The van der Waals surface area contributed by atoms with Gasteiger partial charge >= 0.3 is 0 Å². The molecule has 0 amide bonds. The van der Waals surface area contributed by atoms with Crippen molar-refractivity contribution in [3.8, 4) is 5.75 Å². The first kappa shape index (κ1) is 15.8. The van der Waals surface area contributed by atoms with Gasteiger partial charge in [0.1, 0.15) is 5.75 Å². The molecule has 2 heterocycles. The summed E-state index contributed by atoms with van der Waals surface area (Å²) in [6, 6.07) is 11.8. The number of hydrogen-bond donors (Lipinski definition) is 1. The molecule has 3 rings (SSSR count). The molecule has 118 valence electrons. The lowest BCUT2D eigenvalue weighted by Gasteiger charge is -2.09. The third kappa shape index (κ3) is 4.43. The minimum absolute atomic E-state index is 0.626. The molecule has 0 aliphatic rings. The maximum absolute atomic E-state index is 5.60. The number of anilines is 2. The van der Waals surface area contributed by atoms with E-state index >= 15 is 0 Å². The molecule has 0 saturated carbocycles. The van der Waals surface area contributed by atoms with Crippen molar-refractivity contribution in [1.82, 2.24) is 15.2 Å². The van der Waals surface area contributed by atoms with Gasteiger partial charge in [-0.05, 0) is 30.7 Å². The van der Waals surface area contributed by atoms with Crippen LogP contribution in [0, 0.1) is 0 Å². The molecule has 0 spiro atoms. The van der Waals surface area contributed by atoms with Crippen LogP contribution in [0.25, 0.3) is 0 Å². The summed E-state index contributed by atoms with van der Waals surface area (Å²) < 4.78 is 6.52. The van der Waals surface area contributed by atoms with Crippen molar-refractivity contribution in [3.05, 3.63) is 54.4 Å². The summed E-state index contributed by atoms with van der Waals surface area (Å²) in [4.78, 5) is 4.11. The highest BCUT2D eigenvalue weighted by atomic mass is 32.2. The van der Waals surface area contributed by atoms with E-state index in [2.05, 4.69) is 26.6 Å². The summed E-state index contributed by atoms with van der Waals surface area (Å²) in [7, 11) is 0. The summed E-state index contributed by atoms with van der Waals surface area (Å²) in [6.45, 7) is 2.59. The maximum Gasteiger partial charge on any atom is 0.210 e. The van der Waals surface area contributed by atoms with Crippen LogP contribution in [0.5, 0.6) is 5.75 Å². The highest BCUT2D eigenvalue weighted by Gasteiger charge is 2.08. The van der Waals surface area contributed by atoms with Gasteiger partial charge in [0.25, 0.3) is 0 Å². The lowest BCUT2D eigenvalue weighted by Crippen LogP contribution is -1.97. The van der Waals surface area contributed by atoms with Gasteiger partial charge in [0, 0.05) is 18.1 Å². The highest BCUT2D eigenvalue weighted by molar-refractivity contribution is 8.00. The van der Waals surface area contributed by atoms with E-state index < -0.39 is 0 Å². The summed E-state index contributed by atoms with van der Waals surface area (Å²) in [5.41, 5.74) is 2.07. The first-order chi connectivity index (χ1) is 11.3. The van der Waals surface area contributed by atoms with Gasteiger partial charge in [0.2, 0.25) is 5.13 Å². The van der Waals surface area contributed by atoms with E-state index in [1.807, 2.05) is 43.5 Å². The van der Waals surface area contributed by atoms with Gasteiger partial charge in [-0.1, -0.05) is 41.3 Å². The number of thioether (sulfide) groups is 1. The number of aromatic nitrogens is 3. The predicted molar refractivity (Wildman–Crippen MR) is 94.6 cm³/mol. The molecule has 2 aromatic heterocycles. The van der Waals surface area contributed by atoms with Gasteiger partial charge in [0.15, 0.2) is 4.34 Å². The second-order valence-electron chi connectivity index (χ2n) is 4.58. The normalized spacial score (nSPS) is 10.5. The lowest BCUT2D eigenvalue weighted by molar-refractivity contribution is 0.342. The third-order valence-electron chi connectivity index (χ3n) is 2.92. The van der Waals surface area contributed by atoms with Crippen molar-refractivity contribution in [2.24, 2.45) is 0 Å². The summed E-state index contributed by atoms with van der Waals surface area (Å²) in [5.74, 6) is 1.65. The van der Waals surface area contributed by atoms with Crippen molar-refractivity contribution in [2.75, 3.05) is 11.9 Å². The Bertz CT molecular complexity index is 749. The Kier molecular flexibility index (Phi) is 5.44. The lowest BCUT2D eigenvalue weighted by atomic mass is 10.3. The van der Waals surface area contributed by atoms with Crippen molar-refractivity contribution in [1.29, 1.82) is 0 Å². The zero-order chi connectivity index (χ0) is 15.9. The highest BCUT2D eigenvalue weighted by Crippen LogP contribution is 2.32. The Labute approximate surface area is 143 Å². The monoisotopic (exact) mass is 344 g/mol. The van der Waals surface area contributed by atoms with Crippen molar-refractivity contribution < 1.29 is 4.74 Å². The van der Waals surface area contributed by atoms with Crippen LogP contribution in [0.4, 0.5) is 10.8 Å². The van der Waals surface area contributed by atoms with Gasteiger partial charge in [-0.3, -0.25) is 4.98 Å². The number of benzene rings is 1. The van der Waals surface area contributed by atoms with E-state index in [1.54, 1.807) is 18.0 Å². The molecule has 0 atom stereocenters. The molecular formula is C16H16N4OS2. The SMILES string of the molecule is CCOc1ccccc1Nc1nnc(SCc2cccnc2)s1. The number of nitrogens with zero attached hydrogens (tertiary/aromatic N) is 3. The second kappa shape index (κ2) is 7.94. The molecule has 0 unspecified atom stereocenters. The van der Waals surface area contributed by atoms with Gasteiger partial charge in [0.05, 0.1) is 12.3 Å². The molecule has 3 aromatic rings. The molecule has 23 heavy (non-hydrogen) atoms. The van der Waals surface area contributed by atoms with Gasteiger partial charge in [-0.2, -0.15) is 0 Å². The molecule has 0 bridgehead atoms. The zero-order valence-electron chi connectivity index (χ0n) is 12.6. The van der Waals surface area contributed by atoms with Gasteiger partial charge in [-0.15, -0.1) is 10.2 Å². The molecule has 0 fully saturated rings. The number of para-hydroxylation sites is 2. The van der Waals surface area contributed by atoms with E-state index in [4.69, 9.17) is 4.74 Å². The van der Waals surface area contributed by atoms with Crippen LogP contribution in [-0.2, 0) is 5.75 Å². The van der Waals surface area contributed by atoms with Crippen LogP contribution in [0.2, 0.25) is 0 Å². The fourth-order valence-electron chi connectivity index (χ4n) is 1.91. The average Bonchev–Trinajstić information content (AvgIpc) is 3.03. The summed E-state index contributed by atoms with van der Waals surface area (Å²) in [6.07, 6.45) is 3.64. The minimum Gasteiger partial charge on any atom is -0.492 e. The predicted octanol–water partition coefficient (Wildman–Crippen LogP) is 4.37. The fourth-order valence-corrected chi connectivity index (χ4v) is 3.61. The molecule has 0 aliphatic carbocycles. The van der Waals surface area contributed by atoms with Crippen LogP contribution in [0.3, 0.4) is 0 Å². The fraction of sp³-hybridized carbons (Fsp3) is 0.188. The summed E-state index contributed by atoms with van der Waals surface area (Å²) >= 11 is 3.18. The first-order valence-electron chi connectivity index (χ1n) is 7.19. The van der Waals surface area contributed by atoms with Crippen LogP contribution in [-0.4, -0.2) is 21.8 Å². The number of hydrogen-bond acceptors (Lipinski definition) is 7. The first-order valence-corrected chi connectivity index (χ1v) is 8.99. The number of rotatable bonds is 7. The molecule has 1 N–H and O–H groups in total. The smallest absolute Gasteiger partial charge is 0.210 e. The molecular weight excluding hydrogens is 328 g/mol. The number of pyridine rings is 1. The number of ether oxygens (including phenoxy) is 1. The van der Waals surface area contributed by atoms with Crippen molar-refractivity contribution in [2.45, 2.75) is 17.0 Å². The van der Waals surface area contributed by atoms with Crippen molar-refractivity contribution >= 4 is 33.9 Å². The quantitative estimate of drug-likeness (QED) is 0.642. The Morgan fingerprint density at radius 1 is 1.17 bits per heavy atom. The van der Waals surface area contributed by atoms with Crippen LogP contribution in [0.1, 0.15) is 12.5 Å². The molecule has 0 saturated heterocycles. The molecule has 7 heteroatoms. The Morgan fingerprint density at radius 2 is 2.09 bits per heavy atom. The van der Waals surface area contributed by atoms with E-state index in [1.165, 1.54) is 16.9 Å². The Balaban J connectivity index is 1.63. The van der Waals surface area contributed by atoms with E-state index in [0.29, 0.717) is 6.61 Å². The van der Waals surface area contributed by atoms with Crippen LogP contribution in [0.15, 0.2) is 53.1 Å². The van der Waals surface area contributed by atoms with Crippen molar-refractivity contribution in [3.63, 3.8) is 0 Å². The molecule has 0 aliphatic heterocycles. The van der Waals surface area contributed by atoms with Crippen LogP contribution < -0.4 is 10.1 Å². The Morgan fingerprint density at radius 3 is 2.91 bits per heavy atom. The standard InChI is InChI=1S/C16H16N4OS2/c1-2-21-14-8-4-3-7-13(14)18-15-19-20-16(23-15)22-11-12-6-5-9-17-10-12/h3-10H,2,11H2,1H3,(H,18,19). The maximum atomic E-state index is 5.60. The largest absolute Gasteiger partial charge is 0.492 e. The van der Waals surface area contributed by atoms with E-state index in [9.17, 15) is 0 Å². The van der Waals surface area contributed by atoms with E-state index in [0.717, 1.165) is 26.7 Å². The number of nitrogens with one attached hydrogen (secondary N) is 1. The molecule has 5 nitrogen and oxygen atoms in total. The Hall–Kier alpha value is -2.12. The third-order valence-corrected chi connectivity index (χ3v) is 4.96. The second-order valence-corrected chi connectivity index (χ2v) is 6.78. The molecule has 1 aromatic carbocycles. The van der Waals surface area contributed by atoms with Gasteiger partial charge < -0.3 is 10.1 Å². The molecule has 0 radical (unpaired) electrons.